The smallest absolute Gasteiger partial charge is 0.414 e. The van der Waals surface area contributed by atoms with Gasteiger partial charge >= 0.3 is 6.09 Å². The van der Waals surface area contributed by atoms with E-state index < -0.39 is 11.9 Å². The molecule has 0 aliphatic heterocycles. The molecule has 0 fully saturated rings. The van der Waals surface area contributed by atoms with Gasteiger partial charge in [-0.3, -0.25) is 4.79 Å². The molecular weight excluding hydrogens is 289 g/mol. The van der Waals surface area contributed by atoms with Crippen molar-refractivity contribution < 1.29 is 23.8 Å². The van der Waals surface area contributed by atoms with E-state index in [0.29, 0.717) is 11.1 Å². The molecule has 0 aromatic heterocycles. The van der Waals surface area contributed by atoms with Crippen LogP contribution in [0, 0.1) is 18.2 Å². The van der Waals surface area contributed by atoms with Crippen LogP contribution in [0.15, 0.2) is 30.3 Å². The third-order valence-electron chi connectivity index (χ3n) is 2.66. The summed E-state index contributed by atoms with van der Waals surface area (Å²) in [6.07, 6.45) is 4.82. The minimum Gasteiger partial charge on any atom is -0.483 e. The fraction of sp³-hybridized carbons (Fsp3) is 0.125. The van der Waals surface area contributed by atoms with Gasteiger partial charge in [-0.1, -0.05) is 12.0 Å². The average molecular weight is 303 g/mol. The van der Waals surface area contributed by atoms with Gasteiger partial charge in [0, 0.05) is 19.5 Å². The predicted octanol–water partition coefficient (Wildman–Crippen LogP) is 2.72. The first-order valence-electron chi connectivity index (χ1n) is 6.10. The summed E-state index contributed by atoms with van der Waals surface area (Å²) in [6.45, 7) is -0.250. The second-order valence-electron chi connectivity index (χ2n) is 4.32. The highest BCUT2D eigenvalue weighted by Crippen LogP contribution is 2.25. The molecule has 0 unspecified atom stereocenters. The van der Waals surface area contributed by atoms with Crippen LogP contribution in [0.2, 0.25) is 0 Å². The number of carboxylic acid groups (broad SMARTS) is 1. The molecule has 2 aromatic rings. The van der Waals surface area contributed by atoms with Crippen LogP contribution in [0.25, 0.3) is 10.8 Å². The number of halogens is 1. The molecule has 0 bridgehead atoms. The van der Waals surface area contributed by atoms with E-state index in [4.69, 9.17) is 21.1 Å². The number of benzene rings is 2. The largest absolute Gasteiger partial charge is 0.483 e. The Morgan fingerprint density at radius 3 is 2.55 bits per heavy atom. The predicted molar refractivity (Wildman–Crippen MR) is 80.2 cm³/mol. The number of hydrogen-bond acceptors (Lipinski definition) is 3. The minimum atomic E-state index is -0.473. The molecule has 0 radical (unpaired) electrons. The maximum atomic E-state index is 13.5. The van der Waals surface area contributed by atoms with Crippen LogP contribution < -0.4 is 4.74 Å². The Kier molecular flexibility index (Phi) is 5.90. The molecule has 22 heavy (non-hydrogen) atoms. The average Bonchev–Trinajstić information content (AvgIpc) is 2.48. The van der Waals surface area contributed by atoms with Gasteiger partial charge in [0.25, 0.3) is 6.47 Å². The molecule has 0 atom stereocenters. The van der Waals surface area contributed by atoms with Crippen LogP contribution in [-0.4, -0.2) is 36.7 Å². The summed E-state index contributed by atoms with van der Waals surface area (Å²) in [6, 6.07) is 7.78. The zero-order valence-corrected chi connectivity index (χ0v) is 12.0. The third-order valence-corrected chi connectivity index (χ3v) is 2.66. The summed E-state index contributed by atoms with van der Waals surface area (Å²) in [7, 11) is 3.18. The Morgan fingerprint density at radius 1 is 1.36 bits per heavy atom. The topological polar surface area (TPSA) is 66.8 Å². The highest BCUT2D eigenvalue weighted by atomic mass is 19.1. The first-order valence-corrected chi connectivity index (χ1v) is 6.10. The van der Waals surface area contributed by atoms with Crippen molar-refractivity contribution in [2.45, 2.75) is 0 Å². The number of carbonyl (C=O) groups excluding carboxylic acids is 1. The lowest BCUT2D eigenvalue weighted by Gasteiger charge is -2.11. The lowest BCUT2D eigenvalue weighted by atomic mass is 10.0. The Morgan fingerprint density at radius 2 is 2.00 bits per heavy atom. The van der Waals surface area contributed by atoms with Gasteiger partial charge in [-0.2, -0.15) is 0 Å². The van der Waals surface area contributed by atoms with Crippen LogP contribution in [0.1, 0.15) is 5.56 Å². The van der Waals surface area contributed by atoms with Crippen molar-refractivity contribution in [3.63, 3.8) is 0 Å². The maximum Gasteiger partial charge on any atom is 0.414 e. The molecule has 0 spiro atoms. The van der Waals surface area contributed by atoms with Crippen molar-refractivity contribution in [3.8, 4) is 18.1 Å². The van der Waals surface area contributed by atoms with Crippen LogP contribution >= 0.6 is 0 Å². The lowest BCUT2D eigenvalue weighted by molar-refractivity contribution is -0.122. The maximum absolute atomic E-state index is 13.5. The quantitative estimate of drug-likeness (QED) is 0.650. The van der Waals surface area contributed by atoms with Crippen molar-refractivity contribution in [2.75, 3.05) is 14.1 Å². The Balaban J connectivity index is 0.000000745. The minimum absolute atomic E-state index is 0.211. The van der Waals surface area contributed by atoms with Gasteiger partial charge in [-0.25, -0.2) is 9.18 Å². The zero-order chi connectivity index (χ0) is 16.7. The number of ether oxygens (including phenoxy) is 1. The third kappa shape index (κ3) is 3.96. The molecule has 1 N–H and O–H groups in total. The van der Waals surface area contributed by atoms with Gasteiger partial charge < -0.3 is 14.7 Å². The van der Waals surface area contributed by atoms with Gasteiger partial charge in [0.05, 0.1) is 5.56 Å². The van der Waals surface area contributed by atoms with Gasteiger partial charge in [-0.05, 0) is 29.7 Å². The lowest BCUT2D eigenvalue weighted by Crippen LogP contribution is -2.25. The van der Waals surface area contributed by atoms with Gasteiger partial charge in [-0.15, -0.1) is 6.42 Å². The molecule has 6 heteroatoms. The first kappa shape index (κ1) is 17.0. The molecule has 1 amide bonds. The van der Waals surface area contributed by atoms with Crippen molar-refractivity contribution >= 4 is 23.3 Å². The van der Waals surface area contributed by atoms with Crippen molar-refractivity contribution in [3.05, 3.63) is 41.7 Å². The first-order chi connectivity index (χ1) is 10.4. The van der Waals surface area contributed by atoms with E-state index in [1.165, 1.54) is 11.0 Å². The molecule has 2 rings (SSSR count). The van der Waals surface area contributed by atoms with Crippen LogP contribution in [0.5, 0.6) is 5.75 Å². The Labute approximate surface area is 126 Å². The van der Waals surface area contributed by atoms with E-state index in [0.717, 1.165) is 5.39 Å². The van der Waals surface area contributed by atoms with E-state index in [9.17, 15) is 9.18 Å². The summed E-state index contributed by atoms with van der Waals surface area (Å²) in [5, 5.41) is 8.23. The highest BCUT2D eigenvalue weighted by Gasteiger charge is 2.09. The van der Waals surface area contributed by atoms with Gasteiger partial charge in [0.15, 0.2) is 0 Å². The molecule has 0 aliphatic carbocycles. The van der Waals surface area contributed by atoms with E-state index >= 15 is 0 Å². The number of fused-ring (bicyclic) bond motifs is 1. The summed E-state index contributed by atoms with van der Waals surface area (Å²) in [5.41, 5.74) is 0.211. The molecule has 2 aromatic carbocycles. The Hall–Kier alpha value is -3.07. The number of terminal acetylenes is 1. The summed E-state index contributed by atoms with van der Waals surface area (Å²) < 4.78 is 18.6. The molecule has 0 aliphatic rings. The van der Waals surface area contributed by atoms with E-state index in [-0.39, 0.29) is 12.0 Å². The van der Waals surface area contributed by atoms with E-state index in [1.807, 2.05) is 0 Å². The molecule has 5 nitrogen and oxygen atoms in total. The fourth-order valence-corrected chi connectivity index (χ4v) is 1.68. The SMILES string of the molecule is C#Cc1c(F)ccc2cc(OC(=O)N(C)C)ccc12.O=CO. The van der Waals surface area contributed by atoms with Crippen LogP contribution in [-0.2, 0) is 4.79 Å². The summed E-state index contributed by atoms with van der Waals surface area (Å²) >= 11 is 0. The molecule has 0 heterocycles. The van der Waals surface area contributed by atoms with Gasteiger partial charge in [0.2, 0.25) is 0 Å². The van der Waals surface area contributed by atoms with Gasteiger partial charge in [0.1, 0.15) is 11.6 Å². The van der Waals surface area contributed by atoms with Crippen molar-refractivity contribution in [1.29, 1.82) is 0 Å². The summed E-state index contributed by atoms with van der Waals surface area (Å²) in [5.74, 6) is 2.28. The van der Waals surface area contributed by atoms with E-state index in [1.54, 1.807) is 38.4 Å². The number of hydrogen-bond donors (Lipinski definition) is 1. The molecule has 114 valence electrons. The van der Waals surface area contributed by atoms with Crippen molar-refractivity contribution in [1.82, 2.24) is 4.90 Å². The van der Waals surface area contributed by atoms with Crippen molar-refractivity contribution in [2.24, 2.45) is 0 Å². The zero-order valence-electron chi connectivity index (χ0n) is 12.0. The number of amides is 1. The molecule has 0 saturated heterocycles. The second kappa shape index (κ2) is 7.64. The highest BCUT2D eigenvalue weighted by molar-refractivity contribution is 5.89. The Bertz CT molecular complexity index is 735. The second-order valence-corrected chi connectivity index (χ2v) is 4.32. The number of carbonyl (C=O) groups is 2. The monoisotopic (exact) mass is 303 g/mol. The van der Waals surface area contributed by atoms with Crippen LogP contribution in [0.4, 0.5) is 9.18 Å². The summed E-state index contributed by atoms with van der Waals surface area (Å²) in [4.78, 5) is 21.1. The number of nitrogens with zero attached hydrogens (tertiary/aromatic N) is 1. The number of rotatable bonds is 1. The van der Waals surface area contributed by atoms with Crippen LogP contribution in [0.3, 0.4) is 0 Å². The normalized spacial score (nSPS) is 9.18. The molecular formula is C16H14FNO4. The standard InChI is InChI=1S/C15H12FNO2.CH2O2/c1-4-12-13-7-6-11(19-15(18)17(2)3)9-10(13)5-8-14(12)16;2-1-3/h1,5-9H,2-3H3;1H,(H,2,3). The van der Waals surface area contributed by atoms with E-state index in [2.05, 4.69) is 5.92 Å². The molecule has 0 saturated carbocycles. The fourth-order valence-electron chi connectivity index (χ4n) is 1.68.